The first-order valence-corrected chi connectivity index (χ1v) is 8.42. The Morgan fingerprint density at radius 2 is 1.50 bits per heavy atom. The molecule has 0 aliphatic carbocycles. The Balaban J connectivity index is 1.92. The number of likely N-dealkylation sites (N-methyl/N-ethyl adjacent to an activating group) is 1. The number of ketones is 1. The smallest absolute Gasteiger partial charge is 0.196 e. The van der Waals surface area contributed by atoms with Gasteiger partial charge >= 0.3 is 0 Å². The Morgan fingerprint density at radius 3 is 1.90 bits per heavy atom. The molecule has 3 heterocycles. The summed E-state index contributed by atoms with van der Waals surface area (Å²) in [6.07, 6.45) is 4.06. The summed E-state index contributed by atoms with van der Waals surface area (Å²) in [5, 5.41) is 8.23. The highest BCUT2D eigenvalue weighted by Crippen LogP contribution is 2.18. The Labute approximate surface area is 126 Å². The van der Waals surface area contributed by atoms with Gasteiger partial charge in [-0.25, -0.2) is 0 Å². The highest BCUT2D eigenvalue weighted by molar-refractivity contribution is 7.08. The molecule has 0 saturated carbocycles. The van der Waals surface area contributed by atoms with Gasteiger partial charge in [0.05, 0.1) is 18.2 Å². The maximum absolute atomic E-state index is 12.6. The van der Waals surface area contributed by atoms with E-state index < -0.39 is 0 Å². The number of nitrogens with one attached hydrogen (secondary N) is 1. The summed E-state index contributed by atoms with van der Waals surface area (Å²) in [6, 6.07) is 4.11. The molecule has 1 aliphatic heterocycles. The lowest BCUT2D eigenvalue weighted by molar-refractivity contribution is -0.870. The van der Waals surface area contributed by atoms with Crippen LogP contribution in [0.4, 0.5) is 0 Å². The third-order valence-electron chi connectivity index (χ3n) is 3.34. The molecular weight excluding hydrogens is 286 g/mol. The van der Waals surface area contributed by atoms with Gasteiger partial charge in [-0.1, -0.05) is 0 Å². The quantitative estimate of drug-likeness (QED) is 0.845. The third kappa shape index (κ3) is 2.98. The van der Waals surface area contributed by atoms with Crippen molar-refractivity contribution in [2.45, 2.75) is 0 Å². The first-order valence-electron chi connectivity index (χ1n) is 6.54. The lowest BCUT2D eigenvalue weighted by Gasteiger charge is -2.23. The minimum absolute atomic E-state index is 0.202. The van der Waals surface area contributed by atoms with E-state index in [0.717, 1.165) is 35.4 Å². The van der Waals surface area contributed by atoms with E-state index in [1.54, 1.807) is 22.7 Å². The normalized spacial score (nSPS) is 23.6. The van der Waals surface area contributed by atoms with Gasteiger partial charge in [-0.05, 0) is 56.9 Å². The van der Waals surface area contributed by atoms with E-state index in [0.29, 0.717) is 0 Å². The standard InChI is InChI=1S/C16H15NOS2/c1-17-8-14(6-12-2-4-19-10-12)16(18)15(9-17)7-13-3-5-20-11-13/h2-7,10-11H,8-9H2,1H3/p+1/b14-6+,15-7+. The maximum Gasteiger partial charge on any atom is 0.196 e. The zero-order valence-corrected chi connectivity index (χ0v) is 12.9. The van der Waals surface area contributed by atoms with Gasteiger partial charge in [0, 0.05) is 0 Å². The Kier molecular flexibility index (Phi) is 3.96. The molecule has 0 radical (unpaired) electrons. The van der Waals surface area contributed by atoms with Crippen LogP contribution in [-0.4, -0.2) is 25.9 Å². The van der Waals surface area contributed by atoms with Crippen molar-refractivity contribution in [1.82, 2.24) is 0 Å². The van der Waals surface area contributed by atoms with Crippen LogP contribution in [0, 0.1) is 0 Å². The molecular formula is C16H16NOS2+. The van der Waals surface area contributed by atoms with Crippen molar-refractivity contribution in [3.05, 3.63) is 55.9 Å². The molecule has 0 bridgehead atoms. The summed E-state index contributed by atoms with van der Waals surface area (Å²) < 4.78 is 0. The maximum atomic E-state index is 12.6. The fourth-order valence-electron chi connectivity index (χ4n) is 2.43. The SMILES string of the molecule is C[NH+]1C/C(=C\c2ccsc2)C(=O)/C(=C/c2ccsc2)C1. The minimum atomic E-state index is 0.202. The van der Waals surface area contributed by atoms with Gasteiger partial charge in [0.25, 0.3) is 0 Å². The second-order valence-corrected chi connectivity index (χ2v) is 6.65. The average Bonchev–Trinajstić information content (AvgIpc) is 3.08. The number of hydrogen-bond acceptors (Lipinski definition) is 3. The summed E-state index contributed by atoms with van der Waals surface area (Å²) >= 11 is 3.32. The number of quaternary nitrogens is 1. The lowest BCUT2D eigenvalue weighted by atomic mass is 9.95. The molecule has 20 heavy (non-hydrogen) atoms. The third-order valence-corrected chi connectivity index (χ3v) is 4.74. The second kappa shape index (κ2) is 5.87. The summed E-state index contributed by atoms with van der Waals surface area (Å²) in [5.74, 6) is 0.202. The molecule has 1 N–H and O–H groups in total. The van der Waals surface area contributed by atoms with Gasteiger partial charge in [0.15, 0.2) is 5.78 Å². The molecule has 1 saturated heterocycles. The van der Waals surface area contributed by atoms with E-state index in [4.69, 9.17) is 0 Å². The van der Waals surface area contributed by atoms with E-state index in [1.807, 2.05) is 22.9 Å². The van der Waals surface area contributed by atoms with Crippen molar-refractivity contribution in [2.24, 2.45) is 0 Å². The molecule has 0 aromatic carbocycles. The summed E-state index contributed by atoms with van der Waals surface area (Å²) in [4.78, 5) is 13.9. The number of rotatable bonds is 2. The van der Waals surface area contributed by atoms with Crippen molar-refractivity contribution in [2.75, 3.05) is 20.1 Å². The average molecular weight is 302 g/mol. The zero-order valence-electron chi connectivity index (χ0n) is 11.3. The van der Waals surface area contributed by atoms with Crippen LogP contribution in [0.2, 0.25) is 0 Å². The lowest BCUT2D eigenvalue weighted by Crippen LogP contribution is -3.10. The number of Topliss-reactive ketones (excluding diaryl/α,β-unsaturated/α-hetero) is 1. The molecule has 102 valence electrons. The minimum Gasteiger partial charge on any atom is -0.330 e. The predicted octanol–water partition coefficient (Wildman–Crippen LogP) is 2.37. The second-order valence-electron chi connectivity index (χ2n) is 5.09. The summed E-state index contributed by atoms with van der Waals surface area (Å²) in [7, 11) is 2.13. The number of carbonyl (C=O) groups excluding carboxylic acids is 1. The molecule has 2 aromatic heterocycles. The fraction of sp³-hybridized carbons (Fsp3) is 0.188. The molecule has 0 unspecified atom stereocenters. The Morgan fingerprint density at radius 1 is 1.00 bits per heavy atom. The zero-order chi connectivity index (χ0) is 13.9. The molecule has 0 spiro atoms. The highest BCUT2D eigenvalue weighted by atomic mass is 32.1. The van der Waals surface area contributed by atoms with E-state index in [2.05, 4.69) is 29.9 Å². The van der Waals surface area contributed by atoms with Gasteiger partial charge in [0.2, 0.25) is 0 Å². The van der Waals surface area contributed by atoms with Crippen molar-refractivity contribution in [1.29, 1.82) is 0 Å². The van der Waals surface area contributed by atoms with Gasteiger partial charge in [-0.15, -0.1) is 0 Å². The molecule has 0 amide bonds. The molecule has 2 aromatic rings. The highest BCUT2D eigenvalue weighted by Gasteiger charge is 2.26. The van der Waals surface area contributed by atoms with Gasteiger partial charge in [-0.3, -0.25) is 4.79 Å². The molecule has 4 heteroatoms. The van der Waals surface area contributed by atoms with Crippen molar-refractivity contribution in [3.63, 3.8) is 0 Å². The summed E-state index contributed by atoms with van der Waals surface area (Å²) in [6.45, 7) is 1.60. The molecule has 1 fully saturated rings. The fourth-order valence-corrected chi connectivity index (χ4v) is 3.67. The number of piperidine rings is 1. The molecule has 2 nitrogen and oxygen atoms in total. The van der Waals surface area contributed by atoms with Gasteiger partial charge < -0.3 is 4.90 Å². The van der Waals surface area contributed by atoms with Gasteiger partial charge in [0.1, 0.15) is 13.1 Å². The predicted molar refractivity (Wildman–Crippen MR) is 86.2 cm³/mol. The van der Waals surface area contributed by atoms with Crippen molar-refractivity contribution in [3.8, 4) is 0 Å². The molecule has 0 atom stereocenters. The number of carbonyl (C=O) groups is 1. The van der Waals surface area contributed by atoms with Gasteiger partial charge in [-0.2, -0.15) is 22.7 Å². The van der Waals surface area contributed by atoms with Crippen LogP contribution in [0.1, 0.15) is 11.1 Å². The van der Waals surface area contributed by atoms with E-state index in [1.165, 1.54) is 4.90 Å². The number of thiophene rings is 2. The van der Waals surface area contributed by atoms with Crippen LogP contribution in [0.15, 0.2) is 44.8 Å². The van der Waals surface area contributed by atoms with Crippen molar-refractivity contribution < 1.29 is 9.69 Å². The monoisotopic (exact) mass is 302 g/mol. The van der Waals surface area contributed by atoms with E-state index in [-0.39, 0.29) is 5.78 Å². The molecule has 1 aliphatic rings. The first kappa shape index (κ1) is 13.5. The van der Waals surface area contributed by atoms with Crippen molar-refractivity contribution >= 4 is 40.6 Å². The largest absolute Gasteiger partial charge is 0.330 e. The number of hydrogen-bond donors (Lipinski definition) is 1. The van der Waals surface area contributed by atoms with E-state index >= 15 is 0 Å². The number of likely N-dealkylation sites (tertiary alicyclic amines) is 1. The summed E-state index contributed by atoms with van der Waals surface area (Å²) in [5.41, 5.74) is 4.08. The topological polar surface area (TPSA) is 21.5 Å². The van der Waals surface area contributed by atoms with Crippen LogP contribution in [0.5, 0.6) is 0 Å². The first-order chi connectivity index (χ1) is 9.72. The van der Waals surface area contributed by atoms with Crippen LogP contribution >= 0.6 is 22.7 Å². The van der Waals surface area contributed by atoms with Crippen LogP contribution in [0.3, 0.4) is 0 Å². The van der Waals surface area contributed by atoms with Crippen LogP contribution in [0.25, 0.3) is 12.2 Å². The van der Waals surface area contributed by atoms with Crippen LogP contribution < -0.4 is 4.90 Å². The molecule has 3 rings (SSSR count). The Hall–Kier alpha value is -1.49. The van der Waals surface area contributed by atoms with E-state index in [9.17, 15) is 4.79 Å². The van der Waals surface area contributed by atoms with Crippen LogP contribution in [-0.2, 0) is 4.79 Å². The Bertz CT molecular complexity index is 594.